The molecule has 2 N–H and O–H groups in total. The summed E-state index contributed by atoms with van der Waals surface area (Å²) in [5, 5.41) is 4.06. The molecule has 3 heterocycles. The summed E-state index contributed by atoms with van der Waals surface area (Å²) in [4.78, 5) is 16.5. The molecule has 0 amide bonds. The second-order valence-corrected chi connectivity index (χ2v) is 3.88. The van der Waals surface area contributed by atoms with Gasteiger partial charge in [0.05, 0.1) is 13.3 Å². The van der Waals surface area contributed by atoms with E-state index >= 15 is 0 Å². The molecule has 100 valence electrons. The van der Waals surface area contributed by atoms with Crippen LogP contribution in [0.4, 0.5) is 5.95 Å². The lowest BCUT2D eigenvalue weighted by Crippen LogP contribution is -2.08. The predicted molar refractivity (Wildman–Crippen MR) is 71.1 cm³/mol. The van der Waals surface area contributed by atoms with Crippen molar-refractivity contribution in [2.24, 2.45) is 0 Å². The Morgan fingerprint density at radius 3 is 2.85 bits per heavy atom. The van der Waals surface area contributed by atoms with Gasteiger partial charge in [0.1, 0.15) is 5.75 Å². The lowest BCUT2D eigenvalue weighted by atomic mass is 10.2. The largest absolute Gasteiger partial charge is 0.495 e. The van der Waals surface area contributed by atoms with Crippen LogP contribution >= 0.6 is 0 Å². The van der Waals surface area contributed by atoms with Crippen molar-refractivity contribution in [3.8, 4) is 23.1 Å². The van der Waals surface area contributed by atoms with E-state index in [2.05, 4.69) is 25.0 Å². The van der Waals surface area contributed by atoms with E-state index in [4.69, 9.17) is 10.5 Å². The van der Waals surface area contributed by atoms with Crippen LogP contribution in [0.3, 0.4) is 0 Å². The van der Waals surface area contributed by atoms with Crippen LogP contribution in [-0.2, 0) is 0 Å². The third-order valence-electron chi connectivity index (χ3n) is 2.56. The lowest BCUT2D eigenvalue weighted by molar-refractivity contribution is 0.413. The number of ether oxygens (including phenoxy) is 1. The molecule has 3 aromatic rings. The molecule has 0 saturated carbocycles. The first-order valence-electron chi connectivity index (χ1n) is 5.77. The molecule has 0 bridgehead atoms. The SMILES string of the molecule is COc1cncc(-c2nc(N)nc(-n3cccn3)n2)c1. The molecule has 0 aliphatic rings. The number of hydrogen-bond donors (Lipinski definition) is 1. The number of rotatable bonds is 3. The van der Waals surface area contributed by atoms with Gasteiger partial charge in [-0.25, -0.2) is 4.68 Å². The predicted octanol–water partition coefficient (Wildman–Crippen LogP) is 0.710. The molecule has 3 rings (SSSR count). The number of hydrogen-bond acceptors (Lipinski definition) is 7. The van der Waals surface area contributed by atoms with Crippen LogP contribution in [0.5, 0.6) is 5.75 Å². The fraction of sp³-hybridized carbons (Fsp3) is 0.0833. The molecule has 0 radical (unpaired) electrons. The Bertz CT molecular complexity index is 726. The molecule has 0 aliphatic heterocycles. The van der Waals surface area contributed by atoms with Crippen molar-refractivity contribution in [1.82, 2.24) is 29.7 Å². The zero-order chi connectivity index (χ0) is 13.9. The van der Waals surface area contributed by atoms with Gasteiger partial charge in [0, 0.05) is 24.2 Å². The topological polar surface area (TPSA) is 105 Å². The Kier molecular flexibility index (Phi) is 2.96. The summed E-state index contributed by atoms with van der Waals surface area (Å²) in [6.07, 6.45) is 6.59. The van der Waals surface area contributed by atoms with Gasteiger partial charge in [-0.05, 0) is 12.1 Å². The number of nitrogen functional groups attached to an aromatic ring is 1. The third-order valence-corrected chi connectivity index (χ3v) is 2.56. The van der Waals surface area contributed by atoms with Crippen LogP contribution in [0.1, 0.15) is 0 Å². The summed E-state index contributed by atoms with van der Waals surface area (Å²) < 4.78 is 6.64. The van der Waals surface area contributed by atoms with Crippen LogP contribution in [0, 0.1) is 0 Å². The van der Waals surface area contributed by atoms with Crippen LogP contribution in [0.2, 0.25) is 0 Å². The molecular weight excluding hydrogens is 258 g/mol. The zero-order valence-corrected chi connectivity index (χ0v) is 10.6. The average molecular weight is 269 g/mol. The Balaban J connectivity index is 2.09. The summed E-state index contributed by atoms with van der Waals surface area (Å²) in [5.41, 5.74) is 6.41. The maximum atomic E-state index is 5.72. The first kappa shape index (κ1) is 12.0. The monoisotopic (exact) mass is 269 g/mol. The highest BCUT2D eigenvalue weighted by Gasteiger charge is 2.09. The maximum Gasteiger partial charge on any atom is 0.255 e. The molecule has 0 fully saturated rings. The summed E-state index contributed by atoms with van der Waals surface area (Å²) in [5.74, 6) is 1.49. The van der Waals surface area contributed by atoms with Crippen molar-refractivity contribution >= 4 is 5.95 Å². The highest BCUT2D eigenvalue weighted by molar-refractivity contribution is 5.57. The fourth-order valence-corrected chi connectivity index (χ4v) is 1.65. The average Bonchev–Trinajstić information content (AvgIpc) is 3.01. The van der Waals surface area contributed by atoms with Crippen LogP contribution in [-0.4, -0.2) is 36.8 Å². The van der Waals surface area contributed by atoms with Gasteiger partial charge in [-0.1, -0.05) is 0 Å². The molecule has 0 saturated heterocycles. The van der Waals surface area contributed by atoms with E-state index in [0.29, 0.717) is 23.1 Å². The van der Waals surface area contributed by atoms with E-state index in [0.717, 1.165) is 0 Å². The fourth-order valence-electron chi connectivity index (χ4n) is 1.65. The third kappa shape index (κ3) is 2.26. The van der Waals surface area contributed by atoms with Crippen LogP contribution < -0.4 is 10.5 Å². The molecule has 8 nitrogen and oxygen atoms in total. The van der Waals surface area contributed by atoms with Crippen molar-refractivity contribution in [2.75, 3.05) is 12.8 Å². The number of aromatic nitrogens is 6. The van der Waals surface area contributed by atoms with E-state index in [-0.39, 0.29) is 5.95 Å². The standard InChI is InChI=1S/C12H11N7O/c1-20-9-5-8(6-14-7-9)10-16-11(13)18-12(17-10)19-4-2-3-15-19/h2-7H,1H3,(H2,13,16,17,18). The number of methoxy groups -OCH3 is 1. The molecular formula is C12H11N7O. The second kappa shape index (κ2) is 4.92. The molecule has 0 aliphatic carbocycles. The quantitative estimate of drug-likeness (QED) is 0.746. The minimum absolute atomic E-state index is 0.114. The van der Waals surface area contributed by atoms with E-state index < -0.39 is 0 Å². The van der Waals surface area contributed by atoms with Gasteiger partial charge < -0.3 is 10.5 Å². The Labute approximate surface area is 114 Å². The first-order valence-corrected chi connectivity index (χ1v) is 5.77. The van der Waals surface area contributed by atoms with Crippen molar-refractivity contribution in [3.05, 3.63) is 36.9 Å². The highest BCUT2D eigenvalue weighted by Crippen LogP contribution is 2.20. The molecule has 0 aromatic carbocycles. The van der Waals surface area contributed by atoms with Gasteiger partial charge in [0.25, 0.3) is 5.95 Å². The van der Waals surface area contributed by atoms with Crippen molar-refractivity contribution in [1.29, 1.82) is 0 Å². The van der Waals surface area contributed by atoms with Gasteiger partial charge in [-0.2, -0.15) is 20.1 Å². The van der Waals surface area contributed by atoms with Crippen molar-refractivity contribution in [2.45, 2.75) is 0 Å². The van der Waals surface area contributed by atoms with E-state index in [9.17, 15) is 0 Å². The normalized spacial score (nSPS) is 10.4. The van der Waals surface area contributed by atoms with Gasteiger partial charge in [-0.15, -0.1) is 0 Å². The van der Waals surface area contributed by atoms with E-state index in [1.807, 2.05) is 0 Å². The van der Waals surface area contributed by atoms with E-state index in [1.165, 1.54) is 4.68 Å². The number of nitrogens with zero attached hydrogens (tertiary/aromatic N) is 6. The number of anilines is 1. The van der Waals surface area contributed by atoms with Crippen LogP contribution in [0.15, 0.2) is 36.9 Å². The Morgan fingerprint density at radius 2 is 2.10 bits per heavy atom. The van der Waals surface area contributed by atoms with Gasteiger partial charge >= 0.3 is 0 Å². The smallest absolute Gasteiger partial charge is 0.255 e. The number of pyridine rings is 1. The van der Waals surface area contributed by atoms with E-state index in [1.54, 1.807) is 44.0 Å². The Hall–Kier alpha value is -3.03. The van der Waals surface area contributed by atoms with Crippen LogP contribution in [0.25, 0.3) is 17.3 Å². The molecule has 3 aromatic heterocycles. The van der Waals surface area contributed by atoms with Gasteiger partial charge in [0.15, 0.2) is 5.82 Å². The molecule has 8 heteroatoms. The zero-order valence-electron chi connectivity index (χ0n) is 10.6. The molecule has 0 atom stereocenters. The second-order valence-electron chi connectivity index (χ2n) is 3.88. The lowest BCUT2D eigenvalue weighted by Gasteiger charge is -2.05. The maximum absolute atomic E-state index is 5.72. The minimum atomic E-state index is 0.114. The Morgan fingerprint density at radius 1 is 1.20 bits per heavy atom. The van der Waals surface area contributed by atoms with Crippen molar-refractivity contribution < 1.29 is 4.74 Å². The molecule has 0 spiro atoms. The van der Waals surface area contributed by atoms with Crippen molar-refractivity contribution in [3.63, 3.8) is 0 Å². The van der Waals surface area contributed by atoms with Gasteiger partial charge in [-0.3, -0.25) is 4.98 Å². The number of nitrogens with two attached hydrogens (primary N) is 1. The summed E-state index contributed by atoms with van der Waals surface area (Å²) >= 11 is 0. The molecule has 0 unspecified atom stereocenters. The van der Waals surface area contributed by atoms with Gasteiger partial charge in [0.2, 0.25) is 5.95 Å². The summed E-state index contributed by atoms with van der Waals surface area (Å²) in [6, 6.07) is 3.54. The highest BCUT2D eigenvalue weighted by atomic mass is 16.5. The summed E-state index contributed by atoms with van der Waals surface area (Å²) in [7, 11) is 1.57. The summed E-state index contributed by atoms with van der Waals surface area (Å²) in [6.45, 7) is 0. The first-order chi connectivity index (χ1) is 9.76. The molecule has 20 heavy (non-hydrogen) atoms. The minimum Gasteiger partial charge on any atom is -0.495 e.